The van der Waals surface area contributed by atoms with Crippen molar-refractivity contribution >= 4 is 0 Å². The third-order valence-corrected chi connectivity index (χ3v) is 5.63. The first-order valence-corrected chi connectivity index (χ1v) is 8.93. The predicted octanol–water partition coefficient (Wildman–Crippen LogP) is 6.79. The van der Waals surface area contributed by atoms with Gasteiger partial charge in [0.25, 0.3) is 0 Å². The van der Waals surface area contributed by atoms with Gasteiger partial charge in [0.05, 0.1) is 0 Å². The summed E-state index contributed by atoms with van der Waals surface area (Å²) < 4.78 is 0. The van der Waals surface area contributed by atoms with E-state index in [1.807, 2.05) is 27.7 Å². The van der Waals surface area contributed by atoms with Gasteiger partial charge in [0.1, 0.15) is 0 Å². The van der Waals surface area contributed by atoms with E-state index in [2.05, 4.69) is 34.6 Å². The van der Waals surface area contributed by atoms with Gasteiger partial charge in [-0.25, -0.2) is 0 Å². The lowest BCUT2D eigenvalue weighted by molar-refractivity contribution is -0.130. The molecule has 0 heterocycles. The van der Waals surface area contributed by atoms with Gasteiger partial charge in [0.15, 0.2) is 0 Å². The normalized spacial score (nSPS) is 34.4. The molecule has 19 heavy (non-hydrogen) atoms. The Kier molecular flexibility index (Phi) is 8.32. The molecule has 2 bridgehead atoms. The van der Waals surface area contributed by atoms with Crippen LogP contribution in [0.5, 0.6) is 0 Å². The Labute approximate surface area is 123 Å². The molecule has 0 aromatic rings. The molecule has 116 valence electrons. The summed E-state index contributed by atoms with van der Waals surface area (Å²) in [4.78, 5) is 0. The van der Waals surface area contributed by atoms with Crippen LogP contribution in [0.2, 0.25) is 0 Å². The van der Waals surface area contributed by atoms with E-state index in [0.717, 1.165) is 29.6 Å². The second-order valence-electron chi connectivity index (χ2n) is 7.19. The Morgan fingerprint density at radius 3 is 1.89 bits per heavy atom. The summed E-state index contributed by atoms with van der Waals surface area (Å²) in [6.45, 7) is 20.2. The SMILES string of the molecule is CC.CC.CC(C)CCC1CC2CC(C1C)C2(C)C. The lowest BCUT2D eigenvalue weighted by Crippen LogP contribution is -2.54. The highest BCUT2D eigenvalue weighted by molar-refractivity contribution is 5.04. The van der Waals surface area contributed by atoms with Crippen molar-refractivity contribution in [2.45, 2.75) is 88.0 Å². The zero-order valence-corrected chi connectivity index (χ0v) is 15.2. The largest absolute Gasteiger partial charge is 0.0683 e. The maximum absolute atomic E-state index is 2.52. The van der Waals surface area contributed by atoms with Crippen LogP contribution in [0.4, 0.5) is 0 Å². The van der Waals surface area contributed by atoms with Crippen molar-refractivity contribution in [2.24, 2.45) is 35.0 Å². The molecule has 4 unspecified atom stereocenters. The molecule has 0 nitrogen and oxygen atoms in total. The number of hydrogen-bond acceptors (Lipinski definition) is 0. The maximum Gasteiger partial charge on any atom is -0.0295 e. The Hall–Kier alpha value is 0. The molecule has 0 heteroatoms. The Morgan fingerprint density at radius 2 is 1.53 bits per heavy atom. The molecule has 3 rings (SSSR count). The van der Waals surface area contributed by atoms with Crippen molar-refractivity contribution < 1.29 is 0 Å². The van der Waals surface area contributed by atoms with E-state index < -0.39 is 0 Å². The van der Waals surface area contributed by atoms with Crippen LogP contribution in [-0.4, -0.2) is 0 Å². The van der Waals surface area contributed by atoms with Gasteiger partial charge in [-0.3, -0.25) is 0 Å². The molecule has 0 aromatic carbocycles. The van der Waals surface area contributed by atoms with E-state index in [0.29, 0.717) is 5.41 Å². The van der Waals surface area contributed by atoms with Crippen molar-refractivity contribution in [3.8, 4) is 0 Å². The van der Waals surface area contributed by atoms with E-state index in [1.54, 1.807) is 0 Å². The van der Waals surface area contributed by atoms with Gasteiger partial charge in [0.2, 0.25) is 0 Å². The topological polar surface area (TPSA) is 0 Å². The molecule has 3 aliphatic carbocycles. The Morgan fingerprint density at radius 1 is 1.00 bits per heavy atom. The standard InChI is InChI=1S/C15H28.2C2H6/c1-10(2)6-7-12-8-13-9-14(11(12)3)15(13,4)5;2*1-2/h10-14H,6-9H2,1-5H3;2*1-2H3. The fraction of sp³-hybridized carbons (Fsp3) is 1.00. The Balaban J connectivity index is 0.000000741. The summed E-state index contributed by atoms with van der Waals surface area (Å²) in [5.74, 6) is 5.01. The highest BCUT2D eigenvalue weighted by atomic mass is 14.6. The van der Waals surface area contributed by atoms with Crippen molar-refractivity contribution in [3.05, 3.63) is 0 Å². The summed E-state index contributed by atoms with van der Waals surface area (Å²) in [6, 6.07) is 0. The number of rotatable bonds is 3. The van der Waals surface area contributed by atoms with E-state index in [-0.39, 0.29) is 0 Å². The van der Waals surface area contributed by atoms with Gasteiger partial charge in [-0.05, 0) is 54.3 Å². The molecule has 4 atom stereocenters. The molecule has 0 radical (unpaired) electrons. The van der Waals surface area contributed by atoms with Crippen molar-refractivity contribution in [1.29, 1.82) is 0 Å². The third-order valence-electron chi connectivity index (χ3n) is 5.63. The van der Waals surface area contributed by atoms with Crippen molar-refractivity contribution in [2.75, 3.05) is 0 Å². The minimum absolute atomic E-state index is 0.674. The lowest BCUT2D eigenvalue weighted by Gasteiger charge is -2.62. The van der Waals surface area contributed by atoms with E-state index in [4.69, 9.17) is 0 Å². The van der Waals surface area contributed by atoms with Crippen LogP contribution in [0.25, 0.3) is 0 Å². The molecule has 3 aliphatic rings. The molecular weight excluding hydrogens is 228 g/mol. The van der Waals surface area contributed by atoms with Gasteiger partial charge in [-0.2, -0.15) is 0 Å². The van der Waals surface area contributed by atoms with E-state index in [1.165, 1.54) is 25.7 Å². The average Bonchev–Trinajstić information content (AvgIpc) is 2.41. The van der Waals surface area contributed by atoms with Crippen LogP contribution >= 0.6 is 0 Å². The molecule has 3 saturated carbocycles. The molecule has 0 saturated heterocycles. The molecule has 0 aliphatic heterocycles. The van der Waals surface area contributed by atoms with Crippen molar-refractivity contribution in [3.63, 3.8) is 0 Å². The molecule has 0 spiro atoms. The average molecular weight is 269 g/mol. The summed E-state index contributed by atoms with van der Waals surface area (Å²) >= 11 is 0. The number of hydrogen-bond donors (Lipinski definition) is 0. The summed E-state index contributed by atoms with van der Waals surface area (Å²) in [5.41, 5.74) is 0.674. The smallest absolute Gasteiger partial charge is 0.0295 e. The summed E-state index contributed by atoms with van der Waals surface area (Å²) in [7, 11) is 0. The first-order valence-electron chi connectivity index (χ1n) is 8.93. The lowest BCUT2D eigenvalue weighted by atomic mass is 9.43. The van der Waals surface area contributed by atoms with Gasteiger partial charge in [0, 0.05) is 0 Å². The molecule has 3 fully saturated rings. The summed E-state index contributed by atoms with van der Waals surface area (Å²) in [6.07, 6.45) is 5.99. The molecular formula is C19H40. The van der Waals surface area contributed by atoms with Crippen LogP contribution in [0.15, 0.2) is 0 Å². The quantitative estimate of drug-likeness (QED) is 0.528. The van der Waals surface area contributed by atoms with E-state index >= 15 is 0 Å². The van der Waals surface area contributed by atoms with Gasteiger partial charge < -0.3 is 0 Å². The molecule has 0 N–H and O–H groups in total. The second-order valence-corrected chi connectivity index (χ2v) is 7.19. The second kappa shape index (κ2) is 8.32. The molecule has 0 aromatic heterocycles. The summed E-state index contributed by atoms with van der Waals surface area (Å²) in [5, 5.41) is 0. The van der Waals surface area contributed by atoms with Crippen LogP contribution < -0.4 is 0 Å². The minimum atomic E-state index is 0.674. The van der Waals surface area contributed by atoms with Crippen LogP contribution in [0.3, 0.4) is 0 Å². The van der Waals surface area contributed by atoms with Crippen LogP contribution in [0, 0.1) is 35.0 Å². The van der Waals surface area contributed by atoms with Gasteiger partial charge in [-0.15, -0.1) is 0 Å². The minimum Gasteiger partial charge on any atom is -0.0683 e. The van der Waals surface area contributed by atoms with Crippen LogP contribution in [0.1, 0.15) is 88.0 Å². The maximum atomic E-state index is 2.52. The highest BCUT2D eigenvalue weighted by Gasteiger charge is 2.55. The molecule has 0 amide bonds. The highest BCUT2D eigenvalue weighted by Crippen LogP contribution is 2.63. The Bertz CT molecular complexity index is 226. The predicted molar refractivity (Wildman–Crippen MR) is 89.4 cm³/mol. The zero-order chi connectivity index (χ0) is 15.2. The van der Waals surface area contributed by atoms with E-state index in [9.17, 15) is 0 Å². The first-order chi connectivity index (χ1) is 8.93. The third kappa shape index (κ3) is 4.23. The monoisotopic (exact) mass is 268 g/mol. The fourth-order valence-electron chi connectivity index (χ4n) is 4.19. The first kappa shape index (κ1) is 19.0. The van der Waals surface area contributed by atoms with Crippen molar-refractivity contribution in [1.82, 2.24) is 0 Å². The fourth-order valence-corrected chi connectivity index (χ4v) is 4.19. The van der Waals surface area contributed by atoms with Gasteiger partial charge in [-0.1, -0.05) is 68.7 Å². The van der Waals surface area contributed by atoms with Gasteiger partial charge >= 0.3 is 0 Å². The number of fused-ring (bicyclic) bond motifs is 2. The van der Waals surface area contributed by atoms with Crippen LogP contribution in [-0.2, 0) is 0 Å². The zero-order valence-electron chi connectivity index (χ0n) is 15.2.